The van der Waals surface area contributed by atoms with Crippen LogP contribution in [-0.4, -0.2) is 300 Å². The first kappa shape index (κ1) is 105. The van der Waals surface area contributed by atoms with E-state index in [1.54, 1.807) is 61.5 Å². The number of aromatic nitrogens is 1. The van der Waals surface area contributed by atoms with Gasteiger partial charge in [-0.15, -0.1) is 11.8 Å². The number of carbonyl (C=O) groups excluding carboxylic acids is 16. The minimum absolute atomic E-state index is 0.0944. The number of aromatic hydroxyl groups is 2. The van der Waals surface area contributed by atoms with Gasteiger partial charge in [0.15, 0.2) is 17.5 Å². The molecule has 0 radical (unpaired) electrons. The normalized spacial score (nSPS) is 23.3. The van der Waals surface area contributed by atoms with Crippen molar-refractivity contribution in [2.45, 2.75) is 196 Å². The number of nitrogens with zero attached hydrogens (tertiary/aromatic N) is 5. The Hall–Kier alpha value is -14.2. The lowest BCUT2D eigenvalue weighted by atomic mass is 9.98. The van der Waals surface area contributed by atoms with Gasteiger partial charge in [-0.2, -0.15) is 0 Å². The number of nitrogens with two attached hydrogens (primary N) is 2. The monoisotopic (exact) mass is 1910 g/mol. The van der Waals surface area contributed by atoms with Crippen molar-refractivity contribution >= 4 is 129 Å². The molecule has 44 heteroatoms. The predicted molar refractivity (Wildman–Crippen MR) is 483 cm³/mol. The Kier molecular flexibility index (Phi) is 38.5. The summed E-state index contributed by atoms with van der Waals surface area (Å²) in [5.74, 6) is -28.6. The van der Waals surface area contributed by atoms with E-state index < -0.39 is 303 Å². The molecule has 0 spiro atoms. The number of phenolic OH excluding ortho intramolecular Hbond substituents is 2. The summed E-state index contributed by atoms with van der Waals surface area (Å²) in [6.07, 6.45) is -4.22. The van der Waals surface area contributed by atoms with Gasteiger partial charge >= 0.3 is 11.9 Å². The number of nitrogens with one attached hydrogen (secondary N) is 10. The molecule has 3 aliphatic heterocycles. The molecule has 18 N–H and O–H groups in total. The van der Waals surface area contributed by atoms with Crippen LogP contribution in [0.3, 0.4) is 0 Å². The first-order valence-electron chi connectivity index (χ1n) is 44.2. The van der Waals surface area contributed by atoms with Gasteiger partial charge < -0.3 is 114 Å². The molecule has 9 rings (SSSR count). The number of aromatic amines is 1. The van der Waals surface area contributed by atoms with Crippen LogP contribution in [0.1, 0.15) is 113 Å². The number of halogens is 3. The molecule has 0 bridgehead atoms. The largest absolute Gasteiger partial charge is 0.508 e. The Morgan fingerprint density at radius 1 is 0.515 bits per heavy atom. The second-order valence-electron chi connectivity index (χ2n) is 33.9. The molecule has 5 aromatic carbocycles. The van der Waals surface area contributed by atoms with Gasteiger partial charge in [0, 0.05) is 102 Å². The first-order chi connectivity index (χ1) is 64.6. The number of phenols is 2. The van der Waals surface area contributed by atoms with E-state index in [4.69, 9.17) is 16.2 Å². The van der Waals surface area contributed by atoms with Gasteiger partial charge in [-0.1, -0.05) is 106 Å². The van der Waals surface area contributed by atoms with Crippen molar-refractivity contribution < 1.29 is 125 Å². The smallest absolute Gasteiger partial charge is 0.305 e. The van der Waals surface area contributed by atoms with Gasteiger partial charge in [0.25, 0.3) is 0 Å². The summed E-state index contributed by atoms with van der Waals surface area (Å²) in [7, 11) is 3.54. The Morgan fingerprint density at radius 3 is 1.68 bits per heavy atom. The zero-order valence-corrected chi connectivity index (χ0v) is 76.5. The van der Waals surface area contributed by atoms with E-state index >= 15 is 51.9 Å². The van der Waals surface area contributed by atoms with E-state index in [9.17, 15) is 68.0 Å². The second kappa shape index (κ2) is 49.7. The molecule has 3 saturated heterocycles. The number of benzene rings is 5. The average molecular weight is 1920 g/mol. The van der Waals surface area contributed by atoms with Crippen molar-refractivity contribution in [1.29, 1.82) is 0 Å². The van der Waals surface area contributed by atoms with E-state index in [0.717, 1.165) is 31.5 Å². The molecule has 136 heavy (non-hydrogen) atoms. The minimum Gasteiger partial charge on any atom is -0.508 e. The number of para-hydroxylation sites is 1. The quantitative estimate of drug-likeness (QED) is 0.0332. The fourth-order valence-corrected chi connectivity index (χ4v) is 17.0. The van der Waals surface area contributed by atoms with Gasteiger partial charge in [-0.3, -0.25) is 86.3 Å². The molecule has 0 saturated carbocycles. The number of carbonyl (C=O) groups is 18. The molecule has 3 fully saturated rings. The summed E-state index contributed by atoms with van der Waals surface area (Å²) in [5, 5.41) is 64.5. The zero-order chi connectivity index (χ0) is 99.5. The predicted octanol–water partition coefficient (Wildman–Crippen LogP) is -0.113. The number of likely N-dealkylation sites (N-methyl/N-ethyl adjacent to an activating group) is 3. The van der Waals surface area contributed by atoms with Crippen molar-refractivity contribution in [1.82, 2.24) is 77.3 Å². The van der Waals surface area contributed by atoms with Crippen LogP contribution in [0.2, 0.25) is 0 Å². The number of amides is 16. The van der Waals surface area contributed by atoms with E-state index in [2.05, 4.69) is 52.8 Å². The fourth-order valence-electron chi connectivity index (χ4n) is 16.1. The van der Waals surface area contributed by atoms with Gasteiger partial charge in [-0.05, 0) is 108 Å². The third-order valence-electron chi connectivity index (χ3n) is 23.6. The van der Waals surface area contributed by atoms with Crippen LogP contribution in [0.25, 0.3) is 10.9 Å². The standard InChI is InChI=1S/C92H114F3N17O23S/c1-7-8-19-69-91(133)111-33-14-20-68(111)85(127)105-65(43-77(120)121)84(126)107-79(49(2)3)92(134)109(5)70(40-50-15-10-9-11-16-50)86(128)102-62(30-32-76(118)119)89(131)112-34-35-135-46-72(112)87(129)104-64(42-54-44-98-60-18-13-12-17-57(54)60)83(125)103-63(38-51-21-25-55(113)26-22-51)82(124)101-61(29-31-73(96)115)81(123)106-67(80(122)99-45-74(97)116)47-136-48-75(117)100-66(39-53-36-58(93)78(95)59(94)37-53)88(130)110(6)71(90(132)108(69)4)41-52-23-27-56(114)28-24-52/h9-13,15-18,21-28,36-37,44,49,61-72,79,98,113-114H,7-8,14,19-20,29-35,38-43,45-48H2,1-6H3,(H2,96,115)(H2,97,116)(H,99,122)(H,100,117)(H,101,124)(H,102,128)(H,103,125)(H,104,129)(H,105,127)(H,106,123)(H,107,126)(H,118,119)(H,120,121)/t61-,62-,63-,64-,65-,66-,67-,68+,69-,70?,71-,72+,79-/m0/s1. The highest BCUT2D eigenvalue weighted by molar-refractivity contribution is 8.00. The van der Waals surface area contributed by atoms with Crippen LogP contribution in [0.15, 0.2) is 121 Å². The maximum atomic E-state index is 15.7. The van der Waals surface area contributed by atoms with Crippen molar-refractivity contribution in [2.75, 3.05) is 65.5 Å². The van der Waals surface area contributed by atoms with Crippen molar-refractivity contribution in [3.05, 3.63) is 167 Å². The van der Waals surface area contributed by atoms with Crippen LogP contribution in [0, 0.1) is 23.4 Å². The van der Waals surface area contributed by atoms with Crippen molar-refractivity contribution in [3.8, 4) is 11.5 Å². The Morgan fingerprint density at radius 2 is 1.05 bits per heavy atom. The number of hydrogen-bond donors (Lipinski definition) is 16. The summed E-state index contributed by atoms with van der Waals surface area (Å²) in [4.78, 5) is 271. The summed E-state index contributed by atoms with van der Waals surface area (Å²) < 4.78 is 50.9. The SMILES string of the molecule is CCCC[C@H]1C(=O)N2CCC[C@@H]2C(=O)N[C@@H](CC(=O)O)C(=O)N[C@@H](C(C)C)C(=O)N(C)C(Cc2ccccc2)C(=O)N[C@@H](CCC(=O)O)C(=O)N2CCOC[C@@H]2C(=O)N[C@@H](Cc2c[nH]c3ccccc23)C(=O)N[C@@H](Cc2ccc(O)cc2)C(=O)N[C@@H](CCC(N)=O)C(=O)N[C@H](C(=O)NCC(N)=O)CSCC(=O)N[C@@H](Cc2cc(F)c(F)c(F)c2)C(=O)N(C)[C@@H](Cc2ccc(O)cc2)C(=O)N1C. The number of H-pyrrole nitrogens is 1. The number of ether oxygens (including phenoxy) is 1. The molecular weight excluding hydrogens is 1800 g/mol. The van der Waals surface area contributed by atoms with Crippen molar-refractivity contribution in [2.24, 2.45) is 17.4 Å². The summed E-state index contributed by atoms with van der Waals surface area (Å²) >= 11 is 0.572. The summed E-state index contributed by atoms with van der Waals surface area (Å²) in [6, 6.07) is 3.69. The highest BCUT2D eigenvalue weighted by Crippen LogP contribution is 2.28. The lowest BCUT2D eigenvalue weighted by Crippen LogP contribution is -2.64. The fraction of sp³-hybridized carbons (Fsp3) is 0.457. The second-order valence-corrected chi connectivity index (χ2v) is 34.9. The van der Waals surface area contributed by atoms with Crippen LogP contribution < -0.4 is 59.3 Å². The number of hydrogen-bond acceptors (Lipinski definition) is 22. The molecule has 13 atom stereocenters. The molecule has 3 aliphatic rings. The van der Waals surface area contributed by atoms with E-state index in [0.29, 0.717) is 52.3 Å². The number of unbranched alkanes of at least 4 members (excludes halogenated alkanes) is 1. The van der Waals surface area contributed by atoms with Crippen LogP contribution >= 0.6 is 11.8 Å². The molecule has 4 heterocycles. The topological polar surface area (TPSA) is 590 Å². The average Bonchev–Trinajstić information content (AvgIpc) is 1.47. The minimum atomic E-state index is -2.00. The highest BCUT2D eigenvalue weighted by Gasteiger charge is 2.47. The van der Waals surface area contributed by atoms with E-state index in [-0.39, 0.29) is 67.9 Å². The maximum Gasteiger partial charge on any atom is 0.305 e. The van der Waals surface area contributed by atoms with Crippen LogP contribution in [0.5, 0.6) is 11.5 Å². The van der Waals surface area contributed by atoms with Crippen LogP contribution in [0.4, 0.5) is 13.2 Å². The molecule has 1 unspecified atom stereocenters. The van der Waals surface area contributed by atoms with E-state index in [1.165, 1.54) is 82.7 Å². The molecule has 40 nitrogen and oxygen atoms in total. The summed E-state index contributed by atoms with van der Waals surface area (Å²) in [6.45, 7) is 2.51. The van der Waals surface area contributed by atoms with Crippen molar-refractivity contribution in [3.63, 3.8) is 0 Å². The molecule has 0 aliphatic carbocycles. The third-order valence-corrected chi connectivity index (χ3v) is 24.6. The highest BCUT2D eigenvalue weighted by atomic mass is 32.2. The maximum absolute atomic E-state index is 15.7. The Balaban J connectivity index is 1.15. The Bertz CT molecular complexity index is 5350. The molecule has 1 aromatic heterocycles. The number of rotatable bonds is 25. The molecule has 16 amide bonds. The van der Waals surface area contributed by atoms with Gasteiger partial charge in [0.05, 0.1) is 31.9 Å². The first-order valence-corrected chi connectivity index (χ1v) is 45.3. The van der Waals surface area contributed by atoms with Gasteiger partial charge in [-0.25, -0.2) is 13.2 Å². The number of carboxylic acid groups (broad SMARTS) is 2. The molecule has 732 valence electrons. The number of carboxylic acids is 2. The number of aliphatic carboxylic acids is 2. The lowest BCUT2D eigenvalue weighted by molar-refractivity contribution is -0.152. The zero-order valence-electron chi connectivity index (χ0n) is 75.7. The van der Waals surface area contributed by atoms with E-state index in [1.807, 2.05) is 0 Å². The Labute approximate surface area is 784 Å². The summed E-state index contributed by atoms with van der Waals surface area (Å²) in [5.41, 5.74) is 12.5. The van der Waals surface area contributed by atoms with Gasteiger partial charge in [0.1, 0.15) is 90.0 Å². The third kappa shape index (κ3) is 29.4. The molecular formula is C92H114F3N17O23S. The number of fused-ring (bicyclic) bond motifs is 3. The number of thioether (sulfide) groups is 1. The molecule has 6 aromatic rings. The van der Waals surface area contributed by atoms with Gasteiger partial charge in [0.2, 0.25) is 94.5 Å². The number of primary amides is 2. The number of morpholine rings is 1. The lowest BCUT2D eigenvalue weighted by Gasteiger charge is -2.38. The van der Waals surface area contributed by atoms with Crippen LogP contribution in [-0.2, 0) is 123 Å².